The Kier molecular flexibility index (Phi) is 7.72. The second-order valence-electron chi connectivity index (χ2n) is 4.52. The van der Waals surface area contributed by atoms with Gasteiger partial charge in [0.2, 0.25) is 0 Å². The van der Waals surface area contributed by atoms with Gasteiger partial charge in [0.25, 0.3) is 0 Å². The van der Waals surface area contributed by atoms with E-state index in [0.717, 1.165) is 19.3 Å². The Morgan fingerprint density at radius 2 is 1.76 bits per heavy atom. The molecule has 0 unspecified atom stereocenters. The molecule has 1 aliphatic rings. The van der Waals surface area contributed by atoms with E-state index in [1.165, 1.54) is 25.7 Å². The van der Waals surface area contributed by atoms with Gasteiger partial charge in [-0.3, -0.25) is 0 Å². The average Bonchev–Trinajstić information content (AvgIpc) is 2.34. The van der Waals surface area contributed by atoms with E-state index in [2.05, 4.69) is 6.08 Å². The van der Waals surface area contributed by atoms with Gasteiger partial charge in [-0.25, -0.2) is 4.79 Å². The molecule has 1 rings (SSSR count). The van der Waals surface area contributed by atoms with Crippen molar-refractivity contribution in [2.75, 3.05) is 13.2 Å². The first-order valence-corrected chi connectivity index (χ1v) is 6.74. The summed E-state index contributed by atoms with van der Waals surface area (Å²) in [7, 11) is 0. The Hall–Kier alpha value is -0.830. The number of carbonyl (C=O) groups is 1. The predicted molar refractivity (Wildman–Crippen MR) is 67.8 cm³/mol. The van der Waals surface area contributed by atoms with Crippen LogP contribution in [0.5, 0.6) is 0 Å². The highest BCUT2D eigenvalue weighted by atomic mass is 16.6. The van der Waals surface area contributed by atoms with Crippen LogP contribution in [-0.2, 0) is 14.3 Å². The Balaban J connectivity index is 2.31. The SMILES string of the molecule is C[C@H]1OCC=CCCCCCCCCOC1=O. The predicted octanol–water partition coefficient (Wildman–Crippen LogP) is 3.24. The lowest BCUT2D eigenvalue weighted by atomic mass is 10.1. The Labute approximate surface area is 104 Å². The first-order valence-electron chi connectivity index (χ1n) is 6.74. The van der Waals surface area contributed by atoms with E-state index in [1.54, 1.807) is 6.92 Å². The fraction of sp³-hybridized carbons (Fsp3) is 0.786. The topological polar surface area (TPSA) is 35.5 Å². The number of hydrogen-bond donors (Lipinski definition) is 0. The van der Waals surface area contributed by atoms with Crippen molar-refractivity contribution in [1.82, 2.24) is 0 Å². The van der Waals surface area contributed by atoms with Gasteiger partial charge in [0.15, 0.2) is 6.10 Å². The highest BCUT2D eigenvalue weighted by Gasteiger charge is 2.13. The van der Waals surface area contributed by atoms with Gasteiger partial charge in [0.1, 0.15) is 0 Å². The Morgan fingerprint density at radius 3 is 2.59 bits per heavy atom. The van der Waals surface area contributed by atoms with Crippen LogP contribution >= 0.6 is 0 Å². The summed E-state index contributed by atoms with van der Waals surface area (Å²) in [5.74, 6) is -0.242. The third kappa shape index (κ3) is 7.16. The van der Waals surface area contributed by atoms with Crippen molar-refractivity contribution in [1.29, 1.82) is 0 Å². The van der Waals surface area contributed by atoms with Gasteiger partial charge >= 0.3 is 5.97 Å². The Bertz CT molecular complexity index is 236. The molecule has 0 aliphatic carbocycles. The zero-order valence-corrected chi connectivity index (χ0v) is 10.8. The highest BCUT2D eigenvalue weighted by Crippen LogP contribution is 2.08. The molecule has 1 heterocycles. The maximum absolute atomic E-state index is 11.5. The maximum Gasteiger partial charge on any atom is 0.334 e. The number of rotatable bonds is 0. The number of allylic oxidation sites excluding steroid dienone is 1. The summed E-state index contributed by atoms with van der Waals surface area (Å²) in [6.07, 6.45) is 12.0. The van der Waals surface area contributed by atoms with Crippen molar-refractivity contribution in [2.45, 2.75) is 58.0 Å². The van der Waals surface area contributed by atoms with E-state index in [1.807, 2.05) is 6.08 Å². The van der Waals surface area contributed by atoms with Crippen LogP contribution in [0.1, 0.15) is 51.9 Å². The van der Waals surface area contributed by atoms with Crippen LogP contribution in [0.15, 0.2) is 12.2 Å². The number of cyclic esters (lactones) is 1. The standard InChI is InChI=1S/C14H24O3/c1-13-14(15)17-12-10-8-6-4-2-3-5-7-9-11-16-13/h7,9,13H,2-6,8,10-12H2,1H3/t13-/m1/s1. The lowest BCUT2D eigenvalue weighted by molar-refractivity contribution is -0.155. The normalized spacial score (nSPS) is 25.7. The molecule has 3 nitrogen and oxygen atoms in total. The van der Waals surface area contributed by atoms with Crippen molar-refractivity contribution >= 4 is 5.97 Å². The molecule has 1 atom stereocenters. The fourth-order valence-corrected chi connectivity index (χ4v) is 1.82. The second kappa shape index (κ2) is 9.23. The number of carbonyl (C=O) groups excluding carboxylic acids is 1. The van der Waals surface area contributed by atoms with Crippen LogP contribution in [0.25, 0.3) is 0 Å². The molecule has 98 valence electrons. The van der Waals surface area contributed by atoms with E-state index in [0.29, 0.717) is 13.2 Å². The molecule has 0 spiro atoms. The van der Waals surface area contributed by atoms with E-state index in [4.69, 9.17) is 9.47 Å². The molecule has 0 bridgehead atoms. The van der Waals surface area contributed by atoms with Gasteiger partial charge in [-0.1, -0.05) is 37.8 Å². The molecule has 0 saturated carbocycles. The number of hydrogen-bond acceptors (Lipinski definition) is 3. The van der Waals surface area contributed by atoms with Gasteiger partial charge < -0.3 is 9.47 Å². The summed E-state index contributed by atoms with van der Waals surface area (Å²) < 4.78 is 10.5. The van der Waals surface area contributed by atoms with Gasteiger partial charge in [0, 0.05) is 0 Å². The molecule has 0 fully saturated rings. The van der Waals surface area contributed by atoms with Crippen LogP contribution in [0.3, 0.4) is 0 Å². The molecule has 3 heteroatoms. The third-order valence-corrected chi connectivity index (χ3v) is 2.95. The zero-order chi connectivity index (χ0) is 12.3. The van der Waals surface area contributed by atoms with E-state index < -0.39 is 6.10 Å². The molecule has 0 saturated heterocycles. The van der Waals surface area contributed by atoms with Crippen LogP contribution in [0.2, 0.25) is 0 Å². The number of esters is 1. The molecule has 0 aromatic rings. The van der Waals surface area contributed by atoms with E-state index >= 15 is 0 Å². The minimum absolute atomic E-state index is 0.242. The monoisotopic (exact) mass is 240 g/mol. The van der Waals surface area contributed by atoms with E-state index in [-0.39, 0.29) is 5.97 Å². The van der Waals surface area contributed by atoms with Gasteiger partial charge in [0.05, 0.1) is 13.2 Å². The lowest BCUT2D eigenvalue weighted by Gasteiger charge is -2.11. The molecule has 0 aromatic carbocycles. The lowest BCUT2D eigenvalue weighted by Crippen LogP contribution is -2.23. The summed E-state index contributed by atoms with van der Waals surface area (Å²) in [4.78, 5) is 11.5. The molecule has 0 amide bonds. The summed E-state index contributed by atoms with van der Waals surface area (Å²) in [5, 5.41) is 0. The number of ether oxygens (including phenoxy) is 2. The summed E-state index contributed by atoms with van der Waals surface area (Å²) in [5.41, 5.74) is 0. The molecule has 0 radical (unpaired) electrons. The van der Waals surface area contributed by atoms with Crippen molar-refractivity contribution in [3.8, 4) is 0 Å². The first-order chi connectivity index (χ1) is 8.30. The van der Waals surface area contributed by atoms with Crippen molar-refractivity contribution in [3.63, 3.8) is 0 Å². The van der Waals surface area contributed by atoms with Crippen molar-refractivity contribution in [2.24, 2.45) is 0 Å². The minimum atomic E-state index is -0.454. The minimum Gasteiger partial charge on any atom is -0.464 e. The quantitative estimate of drug-likeness (QED) is 0.481. The highest BCUT2D eigenvalue weighted by molar-refractivity contribution is 5.74. The zero-order valence-electron chi connectivity index (χ0n) is 10.8. The molecule has 1 aliphatic heterocycles. The van der Waals surface area contributed by atoms with Crippen LogP contribution in [-0.4, -0.2) is 25.3 Å². The van der Waals surface area contributed by atoms with Crippen LogP contribution < -0.4 is 0 Å². The smallest absolute Gasteiger partial charge is 0.334 e. The molecular weight excluding hydrogens is 216 g/mol. The molecule has 0 aromatic heterocycles. The fourth-order valence-electron chi connectivity index (χ4n) is 1.82. The first kappa shape index (κ1) is 14.2. The Morgan fingerprint density at radius 1 is 1.06 bits per heavy atom. The third-order valence-electron chi connectivity index (χ3n) is 2.95. The summed E-state index contributed by atoms with van der Waals surface area (Å²) in [6, 6.07) is 0. The molecule has 0 N–H and O–H groups in total. The van der Waals surface area contributed by atoms with Gasteiger partial charge in [-0.15, -0.1) is 0 Å². The maximum atomic E-state index is 11.5. The van der Waals surface area contributed by atoms with Crippen LogP contribution in [0.4, 0.5) is 0 Å². The van der Waals surface area contributed by atoms with E-state index in [9.17, 15) is 4.79 Å². The summed E-state index contributed by atoms with van der Waals surface area (Å²) >= 11 is 0. The molecular formula is C14H24O3. The van der Waals surface area contributed by atoms with Crippen molar-refractivity contribution in [3.05, 3.63) is 12.2 Å². The second-order valence-corrected chi connectivity index (χ2v) is 4.52. The largest absolute Gasteiger partial charge is 0.464 e. The summed E-state index contributed by atoms with van der Waals surface area (Å²) in [6.45, 7) is 2.77. The van der Waals surface area contributed by atoms with Gasteiger partial charge in [-0.2, -0.15) is 0 Å². The molecule has 17 heavy (non-hydrogen) atoms. The van der Waals surface area contributed by atoms with Crippen LogP contribution in [0, 0.1) is 0 Å². The van der Waals surface area contributed by atoms with Crippen molar-refractivity contribution < 1.29 is 14.3 Å². The average molecular weight is 240 g/mol. The van der Waals surface area contributed by atoms with Gasteiger partial charge in [-0.05, 0) is 26.2 Å².